The molecule has 3 nitrogen and oxygen atoms in total. The molecule has 1 N–H and O–H groups in total. The van der Waals surface area contributed by atoms with Crippen LogP contribution >= 0.6 is 0 Å². The van der Waals surface area contributed by atoms with Gasteiger partial charge in [0.1, 0.15) is 0 Å². The van der Waals surface area contributed by atoms with E-state index >= 15 is 0 Å². The van der Waals surface area contributed by atoms with Gasteiger partial charge >= 0.3 is 0 Å². The van der Waals surface area contributed by atoms with Crippen molar-refractivity contribution in [3.05, 3.63) is 35.9 Å². The van der Waals surface area contributed by atoms with Gasteiger partial charge in [-0.3, -0.25) is 4.90 Å². The van der Waals surface area contributed by atoms with Gasteiger partial charge in [0.25, 0.3) is 0 Å². The third-order valence-corrected chi connectivity index (χ3v) is 3.64. The van der Waals surface area contributed by atoms with Crippen LogP contribution in [0.3, 0.4) is 0 Å². The highest BCUT2D eigenvalue weighted by molar-refractivity contribution is 5.14. The van der Waals surface area contributed by atoms with E-state index in [0.29, 0.717) is 6.04 Å². The average molecular weight is 261 g/mol. The van der Waals surface area contributed by atoms with Gasteiger partial charge in [-0.05, 0) is 32.1 Å². The monoisotopic (exact) mass is 261 g/mol. The first kappa shape index (κ1) is 14.5. The highest BCUT2D eigenvalue weighted by Gasteiger charge is 2.21. The maximum atomic E-state index is 3.70. The predicted molar refractivity (Wildman–Crippen MR) is 81.2 cm³/mol. The lowest BCUT2D eigenvalue weighted by atomic mass is 10.1. The van der Waals surface area contributed by atoms with E-state index in [1.807, 2.05) is 0 Å². The Morgan fingerprint density at radius 1 is 1.21 bits per heavy atom. The lowest BCUT2D eigenvalue weighted by Gasteiger charge is -2.26. The van der Waals surface area contributed by atoms with E-state index < -0.39 is 0 Å². The molecule has 2 rings (SSSR count). The third-order valence-electron chi connectivity index (χ3n) is 3.64. The first-order valence-corrected chi connectivity index (χ1v) is 7.28. The van der Waals surface area contributed by atoms with Crippen LogP contribution in [0.5, 0.6) is 0 Å². The summed E-state index contributed by atoms with van der Waals surface area (Å²) in [5, 5.41) is 3.70. The number of rotatable bonds is 4. The molecule has 106 valence electrons. The first-order chi connectivity index (χ1) is 9.13. The van der Waals surface area contributed by atoms with Crippen LogP contribution < -0.4 is 5.32 Å². The molecule has 19 heavy (non-hydrogen) atoms. The van der Waals surface area contributed by atoms with Crippen molar-refractivity contribution in [1.82, 2.24) is 15.1 Å². The Balaban J connectivity index is 1.97. The summed E-state index contributed by atoms with van der Waals surface area (Å²) < 4.78 is 0. The fourth-order valence-corrected chi connectivity index (χ4v) is 2.86. The molecular weight excluding hydrogens is 234 g/mol. The third kappa shape index (κ3) is 4.94. The lowest BCUT2D eigenvalue weighted by Crippen LogP contribution is -2.44. The van der Waals surface area contributed by atoms with E-state index in [4.69, 9.17) is 0 Å². The van der Waals surface area contributed by atoms with Crippen LogP contribution in [-0.4, -0.2) is 56.1 Å². The van der Waals surface area contributed by atoms with Crippen LogP contribution in [0, 0.1) is 5.92 Å². The van der Waals surface area contributed by atoms with E-state index in [9.17, 15) is 0 Å². The molecule has 0 spiro atoms. The van der Waals surface area contributed by atoms with E-state index in [-0.39, 0.29) is 0 Å². The zero-order valence-electron chi connectivity index (χ0n) is 12.5. The van der Waals surface area contributed by atoms with Crippen molar-refractivity contribution in [3.8, 4) is 0 Å². The summed E-state index contributed by atoms with van der Waals surface area (Å²) in [4.78, 5) is 4.86. The molecule has 1 aliphatic rings. The highest BCUT2D eigenvalue weighted by atomic mass is 15.2. The largest absolute Gasteiger partial charge is 0.311 e. The molecule has 1 fully saturated rings. The standard InChI is InChI=1S/C16H27N3/c1-14-9-17-16(12-18(2)3)13-19(10-14)11-15-7-5-4-6-8-15/h4-8,14,16-17H,9-13H2,1-3H3. The van der Waals surface area contributed by atoms with Gasteiger partial charge in [-0.2, -0.15) is 0 Å². The summed E-state index contributed by atoms with van der Waals surface area (Å²) in [7, 11) is 4.30. The normalized spacial score (nSPS) is 25.5. The van der Waals surface area contributed by atoms with Crippen molar-refractivity contribution in [3.63, 3.8) is 0 Å². The molecule has 0 radical (unpaired) electrons. The van der Waals surface area contributed by atoms with E-state index in [1.54, 1.807) is 0 Å². The van der Waals surface area contributed by atoms with Crippen LogP contribution in [-0.2, 0) is 6.54 Å². The highest BCUT2D eigenvalue weighted by Crippen LogP contribution is 2.11. The van der Waals surface area contributed by atoms with E-state index in [1.165, 1.54) is 12.1 Å². The van der Waals surface area contributed by atoms with Crippen molar-refractivity contribution in [2.75, 3.05) is 40.3 Å². The smallest absolute Gasteiger partial charge is 0.0322 e. The van der Waals surface area contributed by atoms with Crippen LogP contribution in [0.4, 0.5) is 0 Å². The predicted octanol–water partition coefficient (Wildman–Crippen LogP) is 1.66. The molecule has 3 heteroatoms. The van der Waals surface area contributed by atoms with Gasteiger partial charge in [0, 0.05) is 32.2 Å². The van der Waals surface area contributed by atoms with Crippen LogP contribution in [0.2, 0.25) is 0 Å². The lowest BCUT2D eigenvalue weighted by molar-refractivity contribution is 0.224. The fourth-order valence-electron chi connectivity index (χ4n) is 2.86. The molecule has 0 aromatic heterocycles. The molecule has 1 heterocycles. The molecule has 1 aliphatic heterocycles. The molecule has 2 unspecified atom stereocenters. The molecule has 2 atom stereocenters. The van der Waals surface area contributed by atoms with Gasteiger partial charge in [-0.25, -0.2) is 0 Å². The second-order valence-corrected chi connectivity index (χ2v) is 6.15. The Labute approximate surface area is 117 Å². The van der Waals surface area contributed by atoms with Gasteiger partial charge in [-0.1, -0.05) is 37.3 Å². The molecule has 0 amide bonds. The molecular formula is C16H27N3. The SMILES string of the molecule is CC1CNC(CN(C)C)CN(Cc2ccccc2)C1. The van der Waals surface area contributed by atoms with Crippen LogP contribution in [0.15, 0.2) is 30.3 Å². The second-order valence-electron chi connectivity index (χ2n) is 6.15. The van der Waals surface area contributed by atoms with Gasteiger partial charge in [0.2, 0.25) is 0 Å². The number of benzene rings is 1. The number of hydrogen-bond acceptors (Lipinski definition) is 3. The van der Waals surface area contributed by atoms with Gasteiger partial charge in [0.05, 0.1) is 0 Å². The van der Waals surface area contributed by atoms with Crippen molar-refractivity contribution in [1.29, 1.82) is 0 Å². The topological polar surface area (TPSA) is 18.5 Å². The zero-order valence-corrected chi connectivity index (χ0v) is 12.5. The Morgan fingerprint density at radius 2 is 1.95 bits per heavy atom. The molecule has 0 bridgehead atoms. The summed E-state index contributed by atoms with van der Waals surface area (Å²) in [6, 6.07) is 11.4. The molecule has 1 saturated heterocycles. The Bertz CT molecular complexity index is 364. The minimum Gasteiger partial charge on any atom is -0.311 e. The maximum Gasteiger partial charge on any atom is 0.0322 e. The molecule has 0 saturated carbocycles. The van der Waals surface area contributed by atoms with Gasteiger partial charge < -0.3 is 10.2 Å². The molecule has 1 aromatic carbocycles. The quantitative estimate of drug-likeness (QED) is 0.889. The minimum absolute atomic E-state index is 0.573. The minimum atomic E-state index is 0.573. The molecule has 1 aromatic rings. The average Bonchev–Trinajstić information content (AvgIpc) is 2.52. The van der Waals surface area contributed by atoms with Crippen LogP contribution in [0.25, 0.3) is 0 Å². The van der Waals surface area contributed by atoms with Crippen molar-refractivity contribution < 1.29 is 0 Å². The summed E-state index contributed by atoms with van der Waals surface area (Å²) in [5.74, 6) is 0.718. The van der Waals surface area contributed by atoms with E-state index in [0.717, 1.165) is 32.1 Å². The van der Waals surface area contributed by atoms with Crippen LogP contribution in [0.1, 0.15) is 12.5 Å². The summed E-state index contributed by atoms with van der Waals surface area (Å²) >= 11 is 0. The van der Waals surface area contributed by atoms with Crippen molar-refractivity contribution in [2.24, 2.45) is 5.92 Å². The molecule has 0 aliphatic carbocycles. The van der Waals surface area contributed by atoms with E-state index in [2.05, 4.69) is 66.5 Å². The number of nitrogens with zero attached hydrogens (tertiary/aromatic N) is 2. The Hall–Kier alpha value is -0.900. The summed E-state index contributed by atoms with van der Waals surface area (Å²) in [6.45, 7) is 7.96. The Morgan fingerprint density at radius 3 is 2.63 bits per heavy atom. The second kappa shape index (κ2) is 7.04. The fraction of sp³-hybridized carbons (Fsp3) is 0.625. The number of hydrogen-bond donors (Lipinski definition) is 1. The zero-order chi connectivity index (χ0) is 13.7. The first-order valence-electron chi connectivity index (χ1n) is 7.28. The van der Waals surface area contributed by atoms with Crippen molar-refractivity contribution in [2.45, 2.75) is 19.5 Å². The summed E-state index contributed by atoms with van der Waals surface area (Å²) in [6.07, 6.45) is 0. The number of nitrogens with one attached hydrogen (secondary N) is 1. The van der Waals surface area contributed by atoms with Gasteiger partial charge in [0.15, 0.2) is 0 Å². The van der Waals surface area contributed by atoms with Crippen molar-refractivity contribution >= 4 is 0 Å². The maximum absolute atomic E-state index is 3.70. The van der Waals surface area contributed by atoms with Gasteiger partial charge in [-0.15, -0.1) is 0 Å². The number of likely N-dealkylation sites (N-methyl/N-ethyl adjacent to an activating group) is 1. The summed E-state index contributed by atoms with van der Waals surface area (Å²) in [5.41, 5.74) is 1.42. The Kier molecular flexibility index (Phi) is 5.37.